The fraction of sp³-hybridized carbons (Fsp3) is 0.556. The van der Waals surface area contributed by atoms with Gasteiger partial charge in [-0.15, -0.1) is 0 Å². The lowest BCUT2D eigenvalue weighted by atomic mass is 9.80. The standard InChI is InChI=1S/C36H49ClN4O5/c1-23(2)19-32(35(44)39-31-10-5-4-9-30(31)28-7-6-8-29(37)21-28)40-36(45)33(22-46-24(3)42)41-34(43)27-13-11-25(12-14-27)20-26-15-17-38-18-16-26/h6-8,11-14,21,23,26,30-33,38H,4-5,9-10,15-20,22H2,1-3H3,(H,39,44)(H,40,45)(H,41,43)/t30-,31+,32-,33-/m0/s1. The van der Waals surface area contributed by atoms with Crippen LogP contribution < -0.4 is 21.3 Å². The summed E-state index contributed by atoms with van der Waals surface area (Å²) in [5, 5.41) is 12.8. The van der Waals surface area contributed by atoms with Crippen molar-refractivity contribution in [3.8, 4) is 0 Å². The van der Waals surface area contributed by atoms with E-state index in [4.69, 9.17) is 16.3 Å². The van der Waals surface area contributed by atoms with Crippen LogP contribution in [-0.2, 0) is 25.5 Å². The molecule has 0 spiro atoms. The number of ether oxygens (including phenoxy) is 1. The Hall–Kier alpha value is -3.43. The lowest BCUT2D eigenvalue weighted by Crippen LogP contribution is -2.57. The Morgan fingerprint density at radius 2 is 1.63 bits per heavy atom. The number of carbonyl (C=O) groups is 4. The van der Waals surface area contributed by atoms with E-state index in [1.165, 1.54) is 6.92 Å². The van der Waals surface area contributed by atoms with Crippen molar-refractivity contribution in [2.75, 3.05) is 19.7 Å². The van der Waals surface area contributed by atoms with Crippen molar-refractivity contribution in [1.29, 1.82) is 0 Å². The van der Waals surface area contributed by atoms with Crippen LogP contribution in [0.3, 0.4) is 0 Å². The van der Waals surface area contributed by atoms with E-state index < -0.39 is 29.9 Å². The van der Waals surface area contributed by atoms with Crippen molar-refractivity contribution in [1.82, 2.24) is 21.3 Å². The second kappa shape index (κ2) is 17.5. The zero-order chi connectivity index (χ0) is 33.1. The first kappa shape index (κ1) is 35.4. The number of carbonyl (C=O) groups excluding carboxylic acids is 4. The largest absolute Gasteiger partial charge is 0.463 e. The van der Waals surface area contributed by atoms with Gasteiger partial charge >= 0.3 is 5.97 Å². The summed E-state index contributed by atoms with van der Waals surface area (Å²) >= 11 is 6.28. The predicted octanol–water partition coefficient (Wildman–Crippen LogP) is 4.92. The summed E-state index contributed by atoms with van der Waals surface area (Å²) < 4.78 is 5.15. The molecule has 2 aromatic rings. The third kappa shape index (κ3) is 10.8. The van der Waals surface area contributed by atoms with Crippen molar-refractivity contribution in [3.05, 3.63) is 70.2 Å². The highest BCUT2D eigenvalue weighted by molar-refractivity contribution is 6.30. The predicted molar refractivity (Wildman–Crippen MR) is 180 cm³/mol. The Balaban J connectivity index is 1.42. The van der Waals surface area contributed by atoms with E-state index in [1.807, 2.05) is 50.2 Å². The zero-order valence-electron chi connectivity index (χ0n) is 27.3. The molecule has 1 saturated carbocycles. The van der Waals surface area contributed by atoms with E-state index in [-0.39, 0.29) is 30.4 Å². The molecule has 2 aromatic carbocycles. The fourth-order valence-electron chi connectivity index (χ4n) is 6.53. The van der Waals surface area contributed by atoms with Crippen LogP contribution >= 0.6 is 11.6 Å². The number of hydrogen-bond donors (Lipinski definition) is 4. The van der Waals surface area contributed by atoms with Gasteiger partial charge in [-0.05, 0) is 98.8 Å². The van der Waals surface area contributed by atoms with Gasteiger partial charge in [0.1, 0.15) is 18.7 Å². The maximum absolute atomic E-state index is 13.7. The zero-order valence-corrected chi connectivity index (χ0v) is 28.0. The van der Waals surface area contributed by atoms with E-state index in [0.717, 1.165) is 69.2 Å². The maximum Gasteiger partial charge on any atom is 0.302 e. The van der Waals surface area contributed by atoms with Crippen molar-refractivity contribution in [3.63, 3.8) is 0 Å². The van der Waals surface area contributed by atoms with E-state index >= 15 is 0 Å². The number of amides is 3. The van der Waals surface area contributed by atoms with Gasteiger partial charge < -0.3 is 26.0 Å². The van der Waals surface area contributed by atoms with Gasteiger partial charge in [-0.1, -0.05) is 62.6 Å². The van der Waals surface area contributed by atoms with Gasteiger partial charge in [-0.3, -0.25) is 19.2 Å². The number of esters is 1. The molecule has 2 fully saturated rings. The Bertz CT molecular complexity index is 1330. The number of nitrogens with one attached hydrogen (secondary N) is 4. The molecule has 0 radical (unpaired) electrons. The number of halogens is 1. The van der Waals surface area contributed by atoms with Gasteiger partial charge in [0, 0.05) is 29.5 Å². The molecule has 10 heteroatoms. The normalized spacial score (nSPS) is 19.9. The number of rotatable bonds is 13. The summed E-state index contributed by atoms with van der Waals surface area (Å²) in [6.45, 7) is 6.91. The van der Waals surface area contributed by atoms with Crippen LogP contribution in [0.25, 0.3) is 0 Å². The maximum atomic E-state index is 13.7. The van der Waals surface area contributed by atoms with E-state index in [2.05, 4.69) is 21.3 Å². The second-order valence-corrected chi connectivity index (χ2v) is 13.6. The molecule has 1 saturated heterocycles. The third-order valence-corrected chi connectivity index (χ3v) is 9.22. The average molecular weight is 653 g/mol. The minimum atomic E-state index is -1.18. The van der Waals surface area contributed by atoms with Gasteiger partial charge in [-0.25, -0.2) is 0 Å². The molecule has 0 unspecified atom stereocenters. The van der Waals surface area contributed by atoms with Gasteiger partial charge in [0.15, 0.2) is 0 Å². The smallest absolute Gasteiger partial charge is 0.302 e. The molecule has 2 aliphatic rings. The summed E-state index contributed by atoms with van der Waals surface area (Å²) in [7, 11) is 0. The highest BCUT2D eigenvalue weighted by Gasteiger charge is 2.33. The summed E-state index contributed by atoms with van der Waals surface area (Å²) in [4.78, 5) is 52.2. The lowest BCUT2D eigenvalue weighted by molar-refractivity contribution is -0.143. The second-order valence-electron chi connectivity index (χ2n) is 13.2. The number of benzene rings is 2. The van der Waals surface area contributed by atoms with Crippen LogP contribution in [-0.4, -0.2) is 61.5 Å². The molecular weight excluding hydrogens is 604 g/mol. The molecule has 46 heavy (non-hydrogen) atoms. The van der Waals surface area contributed by atoms with Crippen molar-refractivity contribution >= 4 is 35.3 Å². The van der Waals surface area contributed by atoms with Gasteiger partial charge in [0.25, 0.3) is 5.91 Å². The molecule has 4 atom stereocenters. The molecule has 3 amide bonds. The summed E-state index contributed by atoms with van der Waals surface area (Å²) in [5.74, 6) is -1.05. The first-order valence-corrected chi connectivity index (χ1v) is 17.1. The SMILES string of the molecule is CC(=O)OC[C@H](NC(=O)c1ccc(CC2CCNCC2)cc1)C(=O)N[C@@H](CC(C)C)C(=O)N[C@@H]1CCCC[C@H]1c1cccc(Cl)c1. The number of piperidine rings is 1. The third-order valence-electron chi connectivity index (χ3n) is 8.98. The summed E-state index contributed by atoms with van der Waals surface area (Å²) in [5.41, 5.74) is 2.65. The summed E-state index contributed by atoms with van der Waals surface area (Å²) in [6, 6.07) is 13.0. The van der Waals surface area contributed by atoms with Crippen LogP contribution in [0, 0.1) is 11.8 Å². The highest BCUT2D eigenvalue weighted by Crippen LogP contribution is 2.34. The fourth-order valence-corrected chi connectivity index (χ4v) is 6.73. The topological polar surface area (TPSA) is 126 Å². The van der Waals surface area contributed by atoms with E-state index in [0.29, 0.717) is 22.9 Å². The Morgan fingerprint density at radius 3 is 2.30 bits per heavy atom. The van der Waals surface area contributed by atoms with Gasteiger partial charge in [0.05, 0.1) is 0 Å². The molecular formula is C36H49ClN4O5. The summed E-state index contributed by atoms with van der Waals surface area (Å²) in [6.07, 6.45) is 7.45. The van der Waals surface area contributed by atoms with E-state index in [1.54, 1.807) is 12.1 Å². The minimum absolute atomic E-state index is 0.0967. The first-order valence-electron chi connectivity index (χ1n) is 16.7. The average Bonchev–Trinajstić information content (AvgIpc) is 3.03. The van der Waals surface area contributed by atoms with Crippen LogP contribution in [0.1, 0.15) is 93.1 Å². The van der Waals surface area contributed by atoms with Gasteiger partial charge in [0.2, 0.25) is 11.8 Å². The molecule has 0 bridgehead atoms. The van der Waals surface area contributed by atoms with Crippen molar-refractivity contribution in [2.45, 2.75) is 96.2 Å². The van der Waals surface area contributed by atoms with Crippen molar-refractivity contribution < 1.29 is 23.9 Å². The highest BCUT2D eigenvalue weighted by atomic mass is 35.5. The van der Waals surface area contributed by atoms with Crippen LogP contribution in [0.5, 0.6) is 0 Å². The quantitative estimate of drug-likeness (QED) is 0.228. The first-order chi connectivity index (χ1) is 22.1. The molecule has 9 nitrogen and oxygen atoms in total. The van der Waals surface area contributed by atoms with Crippen LogP contribution in [0.4, 0.5) is 0 Å². The Kier molecular flexibility index (Phi) is 13.5. The molecule has 4 rings (SSSR count). The van der Waals surface area contributed by atoms with E-state index in [9.17, 15) is 19.2 Å². The van der Waals surface area contributed by atoms with Gasteiger partial charge in [-0.2, -0.15) is 0 Å². The van der Waals surface area contributed by atoms with Crippen LogP contribution in [0.2, 0.25) is 5.02 Å². The van der Waals surface area contributed by atoms with Crippen LogP contribution in [0.15, 0.2) is 48.5 Å². The molecule has 0 aromatic heterocycles. The number of hydrogen-bond acceptors (Lipinski definition) is 6. The Labute approximate surface area is 277 Å². The lowest BCUT2D eigenvalue weighted by Gasteiger charge is -2.34. The molecule has 1 aliphatic carbocycles. The molecule has 4 N–H and O–H groups in total. The van der Waals surface area contributed by atoms with Crippen molar-refractivity contribution in [2.24, 2.45) is 11.8 Å². The minimum Gasteiger partial charge on any atom is -0.463 e. The Morgan fingerprint density at radius 1 is 0.913 bits per heavy atom. The molecule has 1 heterocycles. The molecule has 250 valence electrons. The molecule has 1 aliphatic heterocycles. The monoisotopic (exact) mass is 652 g/mol.